The standard InChI is InChI=1S/C6H10FN3OS/c1-6(2,7)3-11-5-10-9-4(8)12-5/h3H2,1-2H3,(H2,8,9). The molecule has 0 aromatic carbocycles. The fourth-order valence-electron chi connectivity index (χ4n) is 0.512. The first-order chi connectivity index (χ1) is 5.47. The quantitative estimate of drug-likeness (QED) is 0.781. The van der Waals surface area contributed by atoms with Gasteiger partial charge in [-0.15, -0.1) is 5.10 Å². The van der Waals surface area contributed by atoms with E-state index in [-0.39, 0.29) is 6.61 Å². The molecule has 0 aliphatic heterocycles. The fraction of sp³-hybridized carbons (Fsp3) is 0.667. The average molecular weight is 191 g/mol. The molecule has 0 radical (unpaired) electrons. The Labute approximate surface area is 73.6 Å². The maximum Gasteiger partial charge on any atom is 0.295 e. The first kappa shape index (κ1) is 9.18. The molecule has 12 heavy (non-hydrogen) atoms. The molecule has 1 aromatic rings. The second kappa shape index (κ2) is 3.22. The molecule has 0 aliphatic rings. The lowest BCUT2D eigenvalue weighted by Crippen LogP contribution is -2.22. The van der Waals surface area contributed by atoms with Crippen molar-refractivity contribution in [2.45, 2.75) is 19.5 Å². The number of rotatable bonds is 3. The van der Waals surface area contributed by atoms with Gasteiger partial charge in [-0.2, -0.15) is 0 Å². The normalized spacial score (nSPS) is 11.6. The molecule has 0 amide bonds. The SMILES string of the molecule is CC(C)(F)COc1nnc(N)s1. The molecule has 0 fully saturated rings. The number of hydrogen-bond donors (Lipinski definition) is 1. The third kappa shape index (κ3) is 3.00. The predicted octanol–water partition coefficient (Wildman–Crippen LogP) is 1.25. The Bertz CT molecular complexity index is 258. The minimum atomic E-state index is -1.36. The van der Waals surface area contributed by atoms with Gasteiger partial charge in [-0.05, 0) is 25.2 Å². The molecule has 1 rings (SSSR count). The van der Waals surface area contributed by atoms with Crippen LogP contribution >= 0.6 is 11.3 Å². The van der Waals surface area contributed by atoms with Gasteiger partial charge in [0.15, 0.2) is 0 Å². The Morgan fingerprint density at radius 3 is 2.67 bits per heavy atom. The molecule has 0 saturated heterocycles. The number of anilines is 1. The van der Waals surface area contributed by atoms with E-state index >= 15 is 0 Å². The van der Waals surface area contributed by atoms with Crippen molar-refractivity contribution in [2.24, 2.45) is 0 Å². The monoisotopic (exact) mass is 191 g/mol. The van der Waals surface area contributed by atoms with E-state index in [2.05, 4.69) is 10.2 Å². The molecule has 0 saturated carbocycles. The van der Waals surface area contributed by atoms with Gasteiger partial charge >= 0.3 is 0 Å². The van der Waals surface area contributed by atoms with Gasteiger partial charge in [0.1, 0.15) is 12.3 Å². The second-order valence-electron chi connectivity index (χ2n) is 2.91. The van der Waals surface area contributed by atoms with Gasteiger partial charge in [0.2, 0.25) is 5.13 Å². The predicted molar refractivity (Wildman–Crippen MR) is 45.0 cm³/mol. The molecule has 2 N–H and O–H groups in total. The van der Waals surface area contributed by atoms with Crippen molar-refractivity contribution >= 4 is 16.5 Å². The van der Waals surface area contributed by atoms with E-state index in [4.69, 9.17) is 10.5 Å². The largest absolute Gasteiger partial charge is 0.466 e. The van der Waals surface area contributed by atoms with Crippen molar-refractivity contribution in [3.8, 4) is 5.19 Å². The third-order valence-electron chi connectivity index (χ3n) is 0.961. The average Bonchev–Trinajstić information content (AvgIpc) is 2.30. The Morgan fingerprint density at radius 1 is 1.58 bits per heavy atom. The lowest BCUT2D eigenvalue weighted by atomic mass is 10.2. The van der Waals surface area contributed by atoms with Crippen LogP contribution in [0.3, 0.4) is 0 Å². The maximum atomic E-state index is 12.9. The topological polar surface area (TPSA) is 61.0 Å². The van der Waals surface area contributed by atoms with Crippen LogP contribution in [0.4, 0.5) is 9.52 Å². The van der Waals surface area contributed by atoms with Gasteiger partial charge in [0, 0.05) is 0 Å². The summed E-state index contributed by atoms with van der Waals surface area (Å²) in [5.41, 5.74) is 3.93. The van der Waals surface area contributed by atoms with E-state index < -0.39 is 5.67 Å². The number of ether oxygens (including phenoxy) is 1. The van der Waals surface area contributed by atoms with Crippen LogP contribution in [-0.2, 0) is 0 Å². The molecule has 68 valence electrons. The Balaban J connectivity index is 2.44. The van der Waals surface area contributed by atoms with Crippen LogP contribution in [0.1, 0.15) is 13.8 Å². The van der Waals surface area contributed by atoms with Crippen molar-refractivity contribution in [1.29, 1.82) is 0 Å². The fourth-order valence-corrected chi connectivity index (χ4v) is 0.972. The Morgan fingerprint density at radius 2 is 2.25 bits per heavy atom. The van der Waals surface area contributed by atoms with Crippen molar-refractivity contribution in [3.05, 3.63) is 0 Å². The molecule has 1 aromatic heterocycles. The van der Waals surface area contributed by atoms with Crippen LogP contribution < -0.4 is 10.5 Å². The number of nitrogens with zero attached hydrogens (tertiary/aromatic N) is 2. The van der Waals surface area contributed by atoms with E-state index in [1.165, 1.54) is 13.8 Å². The highest BCUT2D eigenvalue weighted by Crippen LogP contribution is 2.20. The smallest absolute Gasteiger partial charge is 0.295 e. The lowest BCUT2D eigenvalue weighted by Gasteiger charge is -2.12. The molecule has 0 atom stereocenters. The minimum absolute atomic E-state index is 0.0400. The minimum Gasteiger partial charge on any atom is -0.466 e. The van der Waals surface area contributed by atoms with Gasteiger partial charge in [-0.25, -0.2) is 4.39 Å². The van der Waals surface area contributed by atoms with E-state index in [9.17, 15) is 4.39 Å². The van der Waals surface area contributed by atoms with Gasteiger partial charge in [-0.1, -0.05) is 5.10 Å². The summed E-state index contributed by atoms with van der Waals surface area (Å²) in [6.45, 7) is 2.82. The van der Waals surface area contributed by atoms with Crippen molar-refractivity contribution < 1.29 is 9.13 Å². The number of nitrogen functional groups attached to an aromatic ring is 1. The molecule has 4 nitrogen and oxygen atoms in total. The van der Waals surface area contributed by atoms with Crippen LogP contribution in [0.5, 0.6) is 5.19 Å². The first-order valence-electron chi connectivity index (χ1n) is 3.38. The molecular weight excluding hydrogens is 181 g/mol. The van der Waals surface area contributed by atoms with E-state index in [0.29, 0.717) is 10.3 Å². The highest BCUT2D eigenvalue weighted by molar-refractivity contribution is 7.16. The first-order valence-corrected chi connectivity index (χ1v) is 4.20. The van der Waals surface area contributed by atoms with Crippen LogP contribution in [0.2, 0.25) is 0 Å². The third-order valence-corrected chi connectivity index (χ3v) is 1.63. The Kier molecular flexibility index (Phi) is 2.46. The zero-order chi connectivity index (χ0) is 9.19. The summed E-state index contributed by atoms with van der Waals surface area (Å²) < 4.78 is 17.9. The Hall–Kier alpha value is -0.910. The summed E-state index contributed by atoms with van der Waals surface area (Å²) in [6, 6.07) is 0. The van der Waals surface area contributed by atoms with Crippen LogP contribution in [0, 0.1) is 0 Å². The highest BCUT2D eigenvalue weighted by Gasteiger charge is 2.17. The molecule has 1 heterocycles. The molecule has 0 unspecified atom stereocenters. The zero-order valence-electron chi connectivity index (χ0n) is 6.87. The summed E-state index contributed by atoms with van der Waals surface area (Å²) in [5.74, 6) is 0. The molecule has 0 spiro atoms. The number of nitrogens with two attached hydrogens (primary N) is 1. The van der Waals surface area contributed by atoms with Crippen LogP contribution in [0.25, 0.3) is 0 Å². The van der Waals surface area contributed by atoms with Gasteiger partial charge in [0.05, 0.1) is 0 Å². The summed E-state index contributed by atoms with van der Waals surface area (Å²) in [4.78, 5) is 0. The second-order valence-corrected chi connectivity index (χ2v) is 3.89. The van der Waals surface area contributed by atoms with Gasteiger partial charge in [-0.3, -0.25) is 0 Å². The van der Waals surface area contributed by atoms with E-state index in [1.54, 1.807) is 0 Å². The summed E-state index contributed by atoms with van der Waals surface area (Å²) in [6.07, 6.45) is 0. The van der Waals surface area contributed by atoms with Gasteiger partial charge < -0.3 is 10.5 Å². The van der Waals surface area contributed by atoms with Crippen molar-refractivity contribution in [1.82, 2.24) is 10.2 Å². The lowest BCUT2D eigenvalue weighted by molar-refractivity contribution is 0.120. The summed E-state index contributed by atoms with van der Waals surface area (Å²) >= 11 is 1.10. The summed E-state index contributed by atoms with van der Waals surface area (Å²) in [5, 5.41) is 7.71. The zero-order valence-corrected chi connectivity index (χ0v) is 7.69. The van der Waals surface area contributed by atoms with Gasteiger partial charge in [0.25, 0.3) is 5.19 Å². The van der Waals surface area contributed by atoms with E-state index in [0.717, 1.165) is 11.3 Å². The molecule has 0 bridgehead atoms. The summed E-state index contributed by atoms with van der Waals surface area (Å²) in [7, 11) is 0. The maximum absolute atomic E-state index is 12.9. The molecular formula is C6H10FN3OS. The molecule has 6 heteroatoms. The molecule has 0 aliphatic carbocycles. The van der Waals surface area contributed by atoms with Crippen molar-refractivity contribution in [3.63, 3.8) is 0 Å². The number of aromatic nitrogens is 2. The van der Waals surface area contributed by atoms with Crippen LogP contribution in [-0.4, -0.2) is 22.5 Å². The van der Waals surface area contributed by atoms with Crippen molar-refractivity contribution in [2.75, 3.05) is 12.3 Å². The van der Waals surface area contributed by atoms with E-state index in [1.807, 2.05) is 0 Å². The van der Waals surface area contributed by atoms with Crippen LogP contribution in [0.15, 0.2) is 0 Å². The number of halogens is 1. The highest BCUT2D eigenvalue weighted by atomic mass is 32.1. The number of hydrogen-bond acceptors (Lipinski definition) is 5. The number of alkyl halides is 1.